The fourth-order valence-corrected chi connectivity index (χ4v) is 1.51. The number of alkyl halides is 3. The number of hydrogen-bond donors (Lipinski definition) is 2. The van der Waals surface area contributed by atoms with E-state index < -0.39 is 19.2 Å². The minimum absolute atomic E-state index is 0.164. The molecule has 18 heavy (non-hydrogen) atoms. The second-order valence-electron chi connectivity index (χ2n) is 3.85. The summed E-state index contributed by atoms with van der Waals surface area (Å²) in [7, 11) is 0. The van der Waals surface area contributed by atoms with E-state index in [9.17, 15) is 13.2 Å². The Balaban J connectivity index is 2.90. The third-order valence-electron chi connectivity index (χ3n) is 2.20. The Morgan fingerprint density at radius 2 is 2.06 bits per heavy atom. The molecule has 100 valence electrons. The van der Waals surface area contributed by atoms with E-state index in [1.54, 1.807) is 13.8 Å². The van der Waals surface area contributed by atoms with Crippen molar-refractivity contribution < 1.29 is 17.9 Å². The predicted molar refractivity (Wildman–Crippen MR) is 60.9 cm³/mol. The highest BCUT2D eigenvalue weighted by Gasteiger charge is 2.27. The Morgan fingerprint density at radius 3 is 2.56 bits per heavy atom. The van der Waals surface area contributed by atoms with Crippen LogP contribution in [0, 0.1) is 19.3 Å². The van der Waals surface area contributed by atoms with E-state index in [0.29, 0.717) is 11.4 Å². The number of aryl methyl sites for hydroxylation is 2. The van der Waals surface area contributed by atoms with Crippen LogP contribution < -0.4 is 10.5 Å². The summed E-state index contributed by atoms with van der Waals surface area (Å²) in [5.74, 6) is -0.112. The maximum atomic E-state index is 12.0. The summed E-state index contributed by atoms with van der Waals surface area (Å²) < 4.78 is 41.1. The minimum atomic E-state index is -4.27. The fraction of sp³-hybridized carbons (Fsp3) is 0.455. The number of ether oxygens (including phenoxy) is 1. The smallest absolute Gasteiger partial charge is 0.392 e. The molecule has 0 bridgehead atoms. The molecule has 4 nitrogen and oxygen atoms in total. The Kier molecular flexibility index (Phi) is 4.15. The fourth-order valence-electron chi connectivity index (χ4n) is 1.51. The molecule has 0 saturated heterocycles. The van der Waals surface area contributed by atoms with E-state index >= 15 is 0 Å². The summed E-state index contributed by atoms with van der Waals surface area (Å²) in [6, 6.07) is 1.47. The van der Waals surface area contributed by atoms with Gasteiger partial charge in [-0.3, -0.25) is 10.4 Å². The lowest BCUT2D eigenvalue weighted by molar-refractivity contribution is -0.139. The van der Waals surface area contributed by atoms with Crippen LogP contribution in [-0.4, -0.2) is 23.6 Å². The largest absolute Gasteiger partial charge is 0.492 e. The molecule has 0 atom stereocenters. The average molecular weight is 261 g/mol. The molecule has 0 fully saturated rings. The molecule has 0 aromatic carbocycles. The zero-order valence-electron chi connectivity index (χ0n) is 10.1. The highest BCUT2D eigenvalue weighted by atomic mass is 19.4. The van der Waals surface area contributed by atoms with E-state index in [4.69, 9.17) is 15.9 Å². The van der Waals surface area contributed by atoms with Crippen molar-refractivity contribution in [2.75, 3.05) is 6.61 Å². The summed E-state index contributed by atoms with van der Waals surface area (Å²) in [6.45, 7) is 2.81. The molecule has 0 saturated carbocycles. The van der Waals surface area contributed by atoms with Crippen molar-refractivity contribution in [2.24, 2.45) is 5.73 Å². The van der Waals surface area contributed by atoms with Gasteiger partial charge in [0.15, 0.2) is 0 Å². The van der Waals surface area contributed by atoms with E-state index in [1.165, 1.54) is 6.07 Å². The Labute approximate surface area is 102 Å². The lowest BCUT2D eigenvalue weighted by Crippen LogP contribution is -2.18. The molecule has 0 radical (unpaired) electrons. The van der Waals surface area contributed by atoms with Crippen molar-refractivity contribution in [3.8, 4) is 5.75 Å². The lowest BCUT2D eigenvalue weighted by Gasteiger charge is -2.14. The number of nitrogen functional groups attached to an aromatic ring is 1. The topological polar surface area (TPSA) is 72.0 Å². The first-order chi connectivity index (χ1) is 8.20. The van der Waals surface area contributed by atoms with E-state index in [1.807, 2.05) is 0 Å². The quantitative estimate of drug-likeness (QED) is 0.645. The van der Waals surface area contributed by atoms with Crippen molar-refractivity contribution in [1.82, 2.24) is 4.98 Å². The molecular formula is C11H14F3N3O. The van der Waals surface area contributed by atoms with E-state index in [0.717, 1.165) is 0 Å². The van der Waals surface area contributed by atoms with Gasteiger partial charge in [-0.15, -0.1) is 0 Å². The van der Waals surface area contributed by atoms with Crippen LogP contribution >= 0.6 is 0 Å². The predicted octanol–water partition coefficient (Wildman–Crippen LogP) is 2.31. The van der Waals surface area contributed by atoms with E-state index in [2.05, 4.69) is 4.98 Å². The van der Waals surface area contributed by atoms with Crippen LogP contribution in [0.5, 0.6) is 5.75 Å². The van der Waals surface area contributed by atoms with Crippen LogP contribution in [0.2, 0.25) is 0 Å². The standard InChI is InChI=1S/C11H14F3N3O/c1-6-5-8(18-4-3-11(12,13)14)9(10(15)16)7(2)17-6/h5H,3-4H2,1-2H3,(H3,15,16). The minimum Gasteiger partial charge on any atom is -0.492 e. The molecule has 7 heteroatoms. The first kappa shape index (κ1) is 14.3. The molecule has 1 heterocycles. The Bertz CT molecular complexity index is 458. The number of rotatable bonds is 4. The molecule has 0 aliphatic heterocycles. The highest BCUT2D eigenvalue weighted by molar-refractivity contribution is 5.98. The first-order valence-electron chi connectivity index (χ1n) is 5.23. The number of hydrogen-bond acceptors (Lipinski definition) is 3. The molecule has 0 spiro atoms. The number of nitrogens with one attached hydrogen (secondary N) is 1. The SMILES string of the molecule is Cc1cc(OCCC(F)(F)F)c(C(=N)N)c(C)n1. The normalized spacial score (nSPS) is 11.4. The zero-order chi connectivity index (χ0) is 13.9. The van der Waals surface area contributed by atoms with Gasteiger partial charge in [0.25, 0.3) is 0 Å². The van der Waals surface area contributed by atoms with Gasteiger partial charge in [0, 0.05) is 11.8 Å². The maximum absolute atomic E-state index is 12.0. The third-order valence-corrected chi connectivity index (χ3v) is 2.20. The van der Waals surface area contributed by atoms with Crippen LogP contribution in [0.4, 0.5) is 13.2 Å². The van der Waals surface area contributed by atoms with Gasteiger partial charge in [0.2, 0.25) is 0 Å². The number of pyridine rings is 1. The average Bonchev–Trinajstić information content (AvgIpc) is 2.13. The van der Waals surface area contributed by atoms with Crippen molar-refractivity contribution in [3.63, 3.8) is 0 Å². The molecule has 1 aromatic rings. The second kappa shape index (κ2) is 5.24. The van der Waals surface area contributed by atoms with Crippen molar-refractivity contribution in [2.45, 2.75) is 26.4 Å². The number of aromatic nitrogens is 1. The molecule has 3 N–H and O–H groups in total. The molecule has 0 aliphatic carbocycles. The van der Waals surface area contributed by atoms with Crippen molar-refractivity contribution in [3.05, 3.63) is 23.0 Å². The third kappa shape index (κ3) is 3.90. The van der Waals surface area contributed by atoms with E-state index in [-0.39, 0.29) is 17.1 Å². The van der Waals surface area contributed by atoms with Gasteiger partial charge in [-0.1, -0.05) is 0 Å². The molecule has 0 unspecified atom stereocenters. The Hall–Kier alpha value is -1.79. The summed E-state index contributed by atoms with van der Waals surface area (Å²) in [6.07, 6.45) is -5.32. The summed E-state index contributed by atoms with van der Waals surface area (Å²) in [5, 5.41) is 7.38. The van der Waals surface area contributed by atoms with Crippen LogP contribution in [0.15, 0.2) is 6.07 Å². The van der Waals surface area contributed by atoms with Gasteiger partial charge in [-0.05, 0) is 13.8 Å². The molecule has 0 aliphatic rings. The van der Waals surface area contributed by atoms with Gasteiger partial charge in [-0.25, -0.2) is 0 Å². The summed E-state index contributed by atoms with van der Waals surface area (Å²) >= 11 is 0. The molecule has 1 aromatic heterocycles. The van der Waals surface area contributed by atoms with Crippen LogP contribution in [0.3, 0.4) is 0 Å². The molecular weight excluding hydrogens is 247 g/mol. The van der Waals surface area contributed by atoms with Gasteiger partial charge in [0.1, 0.15) is 11.6 Å². The van der Waals surface area contributed by atoms with Crippen LogP contribution in [0.1, 0.15) is 23.4 Å². The van der Waals surface area contributed by atoms with Gasteiger partial charge >= 0.3 is 6.18 Å². The number of nitrogens with two attached hydrogens (primary N) is 1. The summed E-state index contributed by atoms with van der Waals surface area (Å²) in [5.41, 5.74) is 6.66. The van der Waals surface area contributed by atoms with Gasteiger partial charge in [-0.2, -0.15) is 13.2 Å². The monoisotopic (exact) mass is 261 g/mol. The lowest BCUT2D eigenvalue weighted by atomic mass is 10.1. The maximum Gasteiger partial charge on any atom is 0.392 e. The zero-order valence-corrected chi connectivity index (χ0v) is 10.1. The first-order valence-corrected chi connectivity index (χ1v) is 5.23. The summed E-state index contributed by atoms with van der Waals surface area (Å²) in [4.78, 5) is 4.09. The number of halogens is 3. The van der Waals surface area contributed by atoms with Crippen LogP contribution in [-0.2, 0) is 0 Å². The van der Waals surface area contributed by atoms with Gasteiger partial charge < -0.3 is 10.5 Å². The second-order valence-corrected chi connectivity index (χ2v) is 3.85. The van der Waals surface area contributed by atoms with Gasteiger partial charge in [0.05, 0.1) is 24.3 Å². The Morgan fingerprint density at radius 1 is 1.44 bits per heavy atom. The molecule has 0 amide bonds. The number of amidine groups is 1. The molecule has 1 rings (SSSR count). The number of nitrogens with zero attached hydrogens (tertiary/aromatic N) is 1. The van der Waals surface area contributed by atoms with Crippen LogP contribution in [0.25, 0.3) is 0 Å². The van der Waals surface area contributed by atoms with Crippen molar-refractivity contribution >= 4 is 5.84 Å². The van der Waals surface area contributed by atoms with Crippen molar-refractivity contribution in [1.29, 1.82) is 5.41 Å². The highest BCUT2D eigenvalue weighted by Crippen LogP contribution is 2.24.